The van der Waals surface area contributed by atoms with Crippen LogP contribution in [-0.4, -0.2) is 17.1 Å². The van der Waals surface area contributed by atoms with Gasteiger partial charge in [-0.15, -0.1) is 0 Å². The largest absolute Gasteiger partial charge is 0.494 e. The number of aromatic nitrogens is 1. The van der Waals surface area contributed by atoms with Gasteiger partial charge in [0, 0.05) is 23.6 Å². The van der Waals surface area contributed by atoms with Crippen LogP contribution >= 0.6 is 0 Å². The van der Waals surface area contributed by atoms with Crippen LogP contribution in [0.1, 0.15) is 17.4 Å². The molecule has 4 heteroatoms. The number of benzene rings is 2. The molecule has 4 nitrogen and oxygen atoms in total. The Morgan fingerprint density at radius 3 is 2.64 bits per heavy atom. The molecule has 2 aromatic carbocycles. The zero-order valence-corrected chi connectivity index (χ0v) is 12.7. The quantitative estimate of drug-likeness (QED) is 0.794. The highest BCUT2D eigenvalue weighted by Crippen LogP contribution is 2.24. The smallest absolute Gasteiger partial charge is 0.272 e. The van der Waals surface area contributed by atoms with Gasteiger partial charge >= 0.3 is 0 Å². The lowest BCUT2D eigenvalue weighted by molar-refractivity contribution is 0.102. The van der Waals surface area contributed by atoms with E-state index >= 15 is 0 Å². The normalized spacial score (nSPS) is 10.6. The van der Waals surface area contributed by atoms with Crippen molar-refractivity contribution < 1.29 is 9.53 Å². The fourth-order valence-electron chi connectivity index (χ4n) is 2.52. The second kappa shape index (κ2) is 5.93. The molecule has 0 fully saturated rings. The van der Waals surface area contributed by atoms with Crippen molar-refractivity contribution in [2.24, 2.45) is 7.05 Å². The van der Waals surface area contributed by atoms with Gasteiger partial charge in [-0.25, -0.2) is 0 Å². The summed E-state index contributed by atoms with van der Waals surface area (Å²) in [5.74, 6) is 0.693. The number of para-hydroxylation sites is 1. The molecule has 112 valence electrons. The first-order valence-electron chi connectivity index (χ1n) is 7.27. The van der Waals surface area contributed by atoms with E-state index in [-0.39, 0.29) is 5.91 Å². The van der Waals surface area contributed by atoms with Gasteiger partial charge in [0.25, 0.3) is 5.91 Å². The highest BCUT2D eigenvalue weighted by Gasteiger charge is 2.14. The fraction of sp³-hybridized carbons (Fsp3) is 0.167. The van der Waals surface area contributed by atoms with Crippen molar-refractivity contribution in [3.05, 3.63) is 60.3 Å². The van der Waals surface area contributed by atoms with Crippen molar-refractivity contribution in [1.29, 1.82) is 0 Å². The Balaban J connectivity index is 1.93. The Morgan fingerprint density at radius 2 is 1.91 bits per heavy atom. The molecule has 0 radical (unpaired) electrons. The second-order valence-electron chi connectivity index (χ2n) is 5.06. The van der Waals surface area contributed by atoms with Crippen LogP contribution in [-0.2, 0) is 7.05 Å². The van der Waals surface area contributed by atoms with E-state index in [0.29, 0.717) is 12.3 Å². The average molecular weight is 294 g/mol. The maximum Gasteiger partial charge on any atom is 0.272 e. The second-order valence-corrected chi connectivity index (χ2v) is 5.06. The van der Waals surface area contributed by atoms with Gasteiger partial charge in [-0.3, -0.25) is 4.79 Å². The van der Waals surface area contributed by atoms with Crippen LogP contribution in [0.5, 0.6) is 5.75 Å². The minimum atomic E-state index is -0.122. The van der Waals surface area contributed by atoms with E-state index < -0.39 is 0 Å². The number of hydrogen-bond donors (Lipinski definition) is 1. The Hall–Kier alpha value is -2.75. The summed E-state index contributed by atoms with van der Waals surface area (Å²) in [6, 6.07) is 17.2. The van der Waals surface area contributed by atoms with Gasteiger partial charge in [0.05, 0.1) is 6.61 Å². The van der Waals surface area contributed by atoms with E-state index in [0.717, 1.165) is 22.3 Å². The number of ether oxygens (including phenoxy) is 1. The van der Waals surface area contributed by atoms with Gasteiger partial charge < -0.3 is 14.6 Å². The Labute approximate surface area is 129 Å². The highest BCUT2D eigenvalue weighted by molar-refractivity contribution is 6.06. The molecule has 1 heterocycles. The van der Waals surface area contributed by atoms with Gasteiger partial charge in [0.2, 0.25) is 0 Å². The lowest BCUT2D eigenvalue weighted by Crippen LogP contribution is -2.15. The van der Waals surface area contributed by atoms with Crippen molar-refractivity contribution in [3.63, 3.8) is 0 Å². The van der Waals surface area contributed by atoms with Gasteiger partial charge in [-0.1, -0.05) is 18.2 Å². The van der Waals surface area contributed by atoms with E-state index in [2.05, 4.69) is 5.32 Å². The van der Waals surface area contributed by atoms with Crippen LogP contribution in [0.25, 0.3) is 10.9 Å². The first-order valence-corrected chi connectivity index (χ1v) is 7.27. The van der Waals surface area contributed by atoms with Gasteiger partial charge in [0.1, 0.15) is 11.4 Å². The molecular formula is C18H18N2O2. The summed E-state index contributed by atoms with van der Waals surface area (Å²) in [7, 11) is 1.89. The minimum Gasteiger partial charge on any atom is -0.494 e. The molecule has 0 unspecified atom stereocenters. The molecular weight excluding hydrogens is 276 g/mol. The van der Waals surface area contributed by atoms with E-state index in [1.54, 1.807) is 0 Å². The number of hydrogen-bond acceptors (Lipinski definition) is 2. The van der Waals surface area contributed by atoms with E-state index in [9.17, 15) is 4.79 Å². The van der Waals surface area contributed by atoms with Gasteiger partial charge in [0.15, 0.2) is 0 Å². The molecule has 1 aromatic heterocycles. The average Bonchev–Trinajstić information content (AvgIpc) is 2.85. The summed E-state index contributed by atoms with van der Waals surface area (Å²) in [6.07, 6.45) is 0. The number of rotatable bonds is 4. The number of fused-ring (bicyclic) bond motifs is 1. The summed E-state index contributed by atoms with van der Waals surface area (Å²) < 4.78 is 7.40. The summed E-state index contributed by atoms with van der Waals surface area (Å²) >= 11 is 0. The van der Waals surface area contributed by atoms with Crippen LogP contribution in [0.15, 0.2) is 54.6 Å². The van der Waals surface area contributed by atoms with Crippen molar-refractivity contribution in [2.75, 3.05) is 11.9 Å². The van der Waals surface area contributed by atoms with Crippen LogP contribution in [0.4, 0.5) is 5.69 Å². The summed E-state index contributed by atoms with van der Waals surface area (Å²) in [5, 5.41) is 3.90. The zero-order chi connectivity index (χ0) is 15.5. The number of carbonyl (C=O) groups is 1. The minimum absolute atomic E-state index is 0.122. The molecule has 0 aliphatic carbocycles. The number of nitrogens with zero attached hydrogens (tertiary/aromatic N) is 1. The zero-order valence-electron chi connectivity index (χ0n) is 12.7. The van der Waals surface area contributed by atoms with Crippen LogP contribution in [0, 0.1) is 0 Å². The third-order valence-electron chi connectivity index (χ3n) is 3.59. The SMILES string of the molecule is CCOc1ccc2c(c1)cc(C(=O)Nc1ccccc1)n2C. The summed E-state index contributed by atoms with van der Waals surface area (Å²) in [4.78, 5) is 12.5. The number of nitrogens with one attached hydrogen (secondary N) is 1. The molecule has 0 spiro atoms. The predicted octanol–water partition coefficient (Wildman–Crippen LogP) is 3.83. The monoisotopic (exact) mass is 294 g/mol. The molecule has 0 aliphatic heterocycles. The third-order valence-corrected chi connectivity index (χ3v) is 3.59. The van der Waals surface area contributed by atoms with Gasteiger partial charge in [-0.2, -0.15) is 0 Å². The molecule has 1 amide bonds. The molecule has 3 rings (SSSR count). The Morgan fingerprint density at radius 1 is 1.14 bits per heavy atom. The molecule has 0 bridgehead atoms. The van der Waals surface area contributed by atoms with Gasteiger partial charge in [-0.05, 0) is 43.3 Å². The Bertz CT molecular complexity index is 807. The van der Waals surface area contributed by atoms with Crippen molar-refractivity contribution in [2.45, 2.75) is 6.92 Å². The molecule has 0 aliphatic rings. The lowest BCUT2D eigenvalue weighted by Gasteiger charge is -2.06. The first kappa shape index (κ1) is 14.2. The van der Waals surface area contributed by atoms with Crippen molar-refractivity contribution in [3.8, 4) is 5.75 Å². The molecule has 0 saturated carbocycles. The maximum absolute atomic E-state index is 12.5. The predicted molar refractivity (Wildman–Crippen MR) is 88.5 cm³/mol. The van der Waals surface area contributed by atoms with Crippen LogP contribution < -0.4 is 10.1 Å². The maximum atomic E-state index is 12.5. The standard InChI is InChI=1S/C18H18N2O2/c1-3-22-15-9-10-16-13(11-15)12-17(20(16)2)18(21)19-14-7-5-4-6-8-14/h4-12H,3H2,1-2H3,(H,19,21). The lowest BCUT2D eigenvalue weighted by atomic mass is 10.2. The highest BCUT2D eigenvalue weighted by atomic mass is 16.5. The molecule has 22 heavy (non-hydrogen) atoms. The van der Waals surface area contributed by atoms with E-state index in [1.165, 1.54) is 0 Å². The molecule has 1 N–H and O–H groups in total. The number of aryl methyl sites for hydroxylation is 1. The first-order chi connectivity index (χ1) is 10.7. The van der Waals surface area contributed by atoms with Crippen molar-refractivity contribution >= 4 is 22.5 Å². The van der Waals surface area contributed by atoms with Crippen molar-refractivity contribution in [1.82, 2.24) is 4.57 Å². The fourth-order valence-corrected chi connectivity index (χ4v) is 2.52. The number of carbonyl (C=O) groups excluding carboxylic acids is 1. The summed E-state index contributed by atoms with van der Waals surface area (Å²) in [5.41, 5.74) is 2.40. The molecule has 3 aromatic rings. The van der Waals surface area contributed by atoms with E-state index in [1.807, 2.05) is 73.1 Å². The Kier molecular flexibility index (Phi) is 3.83. The number of amides is 1. The third kappa shape index (κ3) is 2.68. The van der Waals surface area contributed by atoms with Crippen LogP contribution in [0.3, 0.4) is 0 Å². The number of anilines is 1. The molecule has 0 saturated heterocycles. The van der Waals surface area contributed by atoms with Crippen LogP contribution in [0.2, 0.25) is 0 Å². The van der Waals surface area contributed by atoms with E-state index in [4.69, 9.17) is 4.74 Å². The summed E-state index contributed by atoms with van der Waals surface area (Å²) in [6.45, 7) is 2.58. The topological polar surface area (TPSA) is 43.3 Å². The molecule has 0 atom stereocenters.